The first kappa shape index (κ1) is 18.0. The van der Waals surface area contributed by atoms with Crippen molar-refractivity contribution in [3.05, 3.63) is 33.3 Å². The third kappa shape index (κ3) is 6.57. The second-order valence-electron chi connectivity index (χ2n) is 4.10. The highest BCUT2D eigenvalue weighted by Crippen LogP contribution is 2.33. The average Bonchev–Trinajstić information content (AvgIpc) is 2.36. The molecule has 0 amide bonds. The van der Waals surface area contributed by atoms with Gasteiger partial charge in [-0.1, -0.05) is 50.7 Å². The lowest BCUT2D eigenvalue weighted by molar-refractivity contribution is 0.306. The van der Waals surface area contributed by atoms with Gasteiger partial charge in [0.05, 0.1) is 11.6 Å². The van der Waals surface area contributed by atoms with Crippen molar-refractivity contribution >= 4 is 50.7 Å². The molecule has 0 fully saturated rings. The van der Waals surface area contributed by atoms with Crippen LogP contribution in [0.25, 0.3) is 0 Å². The number of aryl methyl sites for hydroxylation is 1. The van der Waals surface area contributed by atoms with E-state index in [4.69, 9.17) is 44.3 Å². The number of rotatable bonds is 8. The summed E-state index contributed by atoms with van der Waals surface area (Å²) in [6, 6.07) is 3.60. The van der Waals surface area contributed by atoms with Crippen molar-refractivity contribution < 1.29 is 9.47 Å². The topological polar surface area (TPSA) is 18.5 Å². The Hall–Kier alpha value is -0.0900. The number of hydrogen-bond acceptors (Lipinski definition) is 2. The highest BCUT2D eigenvalue weighted by Gasteiger charge is 2.08. The molecule has 0 atom stereocenters. The molecule has 0 aliphatic heterocycles. The van der Waals surface area contributed by atoms with Crippen LogP contribution in [-0.4, -0.2) is 18.5 Å². The van der Waals surface area contributed by atoms with E-state index in [0.717, 1.165) is 23.7 Å². The Morgan fingerprint density at radius 2 is 2.00 bits per heavy atom. The van der Waals surface area contributed by atoms with E-state index in [1.807, 2.05) is 13.0 Å². The molecule has 0 aromatic heterocycles. The van der Waals surface area contributed by atoms with Gasteiger partial charge in [-0.3, -0.25) is 0 Å². The SMILES string of the molecule is Cc1cc(OCC=C(Cl)Cl)cc(Cl)c1OCCCCBr. The van der Waals surface area contributed by atoms with Gasteiger partial charge >= 0.3 is 0 Å². The van der Waals surface area contributed by atoms with E-state index in [2.05, 4.69) is 15.9 Å². The van der Waals surface area contributed by atoms with Crippen molar-refractivity contribution in [2.24, 2.45) is 0 Å². The highest BCUT2D eigenvalue weighted by atomic mass is 79.9. The molecule has 0 heterocycles. The molecular weight excluding hydrogens is 386 g/mol. The van der Waals surface area contributed by atoms with E-state index in [-0.39, 0.29) is 4.49 Å². The first-order valence-electron chi connectivity index (χ1n) is 6.17. The summed E-state index contributed by atoms with van der Waals surface area (Å²) in [5.74, 6) is 1.37. The van der Waals surface area contributed by atoms with E-state index in [1.165, 1.54) is 0 Å². The third-order valence-corrected chi connectivity index (χ3v) is 3.61. The van der Waals surface area contributed by atoms with Gasteiger partial charge in [0.1, 0.15) is 22.6 Å². The lowest BCUT2D eigenvalue weighted by Crippen LogP contribution is -2.01. The monoisotopic (exact) mass is 400 g/mol. The number of unbranched alkanes of at least 4 members (excludes halogenated alkanes) is 1. The van der Waals surface area contributed by atoms with Crippen molar-refractivity contribution in [3.8, 4) is 11.5 Å². The Labute approximate surface area is 143 Å². The lowest BCUT2D eigenvalue weighted by Gasteiger charge is -2.13. The molecule has 2 nitrogen and oxygen atoms in total. The molecule has 0 aliphatic rings. The van der Waals surface area contributed by atoms with Crippen molar-refractivity contribution in [2.75, 3.05) is 18.5 Å². The Bertz CT molecular complexity index is 437. The van der Waals surface area contributed by atoms with Crippen LogP contribution in [0, 0.1) is 6.92 Å². The standard InChI is InChI=1S/C14H16BrCl3O2/c1-10-8-11(19-7-4-13(17)18)9-12(16)14(10)20-6-3-2-5-15/h4,8-9H,2-3,5-7H2,1H3. The molecule has 1 aromatic carbocycles. The van der Waals surface area contributed by atoms with Crippen LogP contribution in [0.5, 0.6) is 11.5 Å². The summed E-state index contributed by atoms with van der Waals surface area (Å²) >= 11 is 20.6. The van der Waals surface area contributed by atoms with Crippen LogP contribution in [0.1, 0.15) is 18.4 Å². The van der Waals surface area contributed by atoms with Gasteiger partial charge in [0.25, 0.3) is 0 Å². The molecule has 1 aromatic rings. The van der Waals surface area contributed by atoms with Gasteiger partial charge < -0.3 is 9.47 Å². The zero-order chi connectivity index (χ0) is 15.0. The number of halogens is 4. The summed E-state index contributed by atoms with van der Waals surface area (Å²) in [4.78, 5) is 0. The van der Waals surface area contributed by atoms with Crippen molar-refractivity contribution in [1.29, 1.82) is 0 Å². The minimum Gasteiger partial charge on any atom is -0.492 e. The third-order valence-electron chi connectivity index (χ3n) is 2.46. The molecule has 0 N–H and O–H groups in total. The summed E-state index contributed by atoms with van der Waals surface area (Å²) in [6.45, 7) is 2.88. The number of hydrogen-bond donors (Lipinski definition) is 0. The van der Waals surface area contributed by atoms with E-state index in [9.17, 15) is 0 Å². The van der Waals surface area contributed by atoms with Gasteiger partial charge in [0.15, 0.2) is 0 Å². The second-order valence-corrected chi connectivity index (χ2v) is 6.31. The molecule has 0 bridgehead atoms. The summed E-state index contributed by atoms with van der Waals surface area (Å²) in [6.07, 6.45) is 3.62. The minimum atomic E-state index is 0.180. The molecular formula is C14H16BrCl3O2. The number of ether oxygens (including phenoxy) is 2. The van der Waals surface area contributed by atoms with E-state index >= 15 is 0 Å². The van der Waals surface area contributed by atoms with Gasteiger partial charge in [-0.05, 0) is 37.5 Å². The molecule has 20 heavy (non-hydrogen) atoms. The molecule has 0 saturated carbocycles. The maximum Gasteiger partial charge on any atom is 0.141 e. The molecule has 1 rings (SSSR count). The number of alkyl halides is 1. The Kier molecular flexibility index (Phi) is 8.78. The van der Waals surface area contributed by atoms with E-state index in [0.29, 0.717) is 29.7 Å². The van der Waals surface area contributed by atoms with Gasteiger partial charge in [-0.25, -0.2) is 0 Å². The largest absolute Gasteiger partial charge is 0.492 e. The van der Waals surface area contributed by atoms with Crippen LogP contribution in [0.4, 0.5) is 0 Å². The van der Waals surface area contributed by atoms with Crippen LogP contribution in [0.2, 0.25) is 5.02 Å². The fourth-order valence-electron chi connectivity index (χ4n) is 1.54. The van der Waals surface area contributed by atoms with Gasteiger partial charge in [0, 0.05) is 11.4 Å². The van der Waals surface area contributed by atoms with Gasteiger partial charge in [0.2, 0.25) is 0 Å². The van der Waals surface area contributed by atoms with Crippen molar-refractivity contribution in [1.82, 2.24) is 0 Å². The maximum absolute atomic E-state index is 6.21. The Balaban J connectivity index is 2.63. The highest BCUT2D eigenvalue weighted by molar-refractivity contribution is 9.09. The van der Waals surface area contributed by atoms with Crippen molar-refractivity contribution in [3.63, 3.8) is 0 Å². The smallest absolute Gasteiger partial charge is 0.141 e. The fraction of sp³-hybridized carbons (Fsp3) is 0.429. The van der Waals surface area contributed by atoms with Crippen LogP contribution in [-0.2, 0) is 0 Å². The average molecular weight is 403 g/mol. The first-order valence-corrected chi connectivity index (χ1v) is 8.43. The zero-order valence-corrected chi connectivity index (χ0v) is 14.9. The quantitative estimate of drug-likeness (QED) is 0.398. The zero-order valence-electron chi connectivity index (χ0n) is 11.1. The summed E-state index contributed by atoms with van der Waals surface area (Å²) in [5.41, 5.74) is 0.937. The molecule has 0 unspecified atom stereocenters. The minimum absolute atomic E-state index is 0.180. The summed E-state index contributed by atoms with van der Waals surface area (Å²) in [7, 11) is 0. The predicted octanol–water partition coefficient (Wildman–Crippen LogP) is 5.90. The van der Waals surface area contributed by atoms with Crippen LogP contribution in [0.3, 0.4) is 0 Å². The fourth-order valence-corrected chi connectivity index (χ4v) is 2.37. The number of benzene rings is 1. The molecule has 0 aliphatic carbocycles. The van der Waals surface area contributed by atoms with Crippen molar-refractivity contribution in [2.45, 2.75) is 19.8 Å². The second kappa shape index (κ2) is 9.78. The molecule has 112 valence electrons. The first-order chi connectivity index (χ1) is 9.54. The molecule has 0 radical (unpaired) electrons. The summed E-state index contributed by atoms with van der Waals surface area (Å²) < 4.78 is 11.4. The van der Waals surface area contributed by atoms with Gasteiger partial charge in [-0.2, -0.15) is 0 Å². The predicted molar refractivity (Wildman–Crippen MR) is 90.0 cm³/mol. The van der Waals surface area contributed by atoms with Crippen LogP contribution in [0.15, 0.2) is 22.7 Å². The molecule has 0 spiro atoms. The summed E-state index contributed by atoms with van der Waals surface area (Å²) in [5, 5.41) is 1.52. The van der Waals surface area contributed by atoms with E-state index < -0.39 is 0 Å². The molecule has 6 heteroatoms. The maximum atomic E-state index is 6.21. The Morgan fingerprint density at radius 3 is 2.60 bits per heavy atom. The van der Waals surface area contributed by atoms with Gasteiger partial charge in [-0.15, -0.1) is 0 Å². The van der Waals surface area contributed by atoms with Crippen LogP contribution >= 0.6 is 50.7 Å². The Morgan fingerprint density at radius 1 is 1.25 bits per heavy atom. The van der Waals surface area contributed by atoms with E-state index in [1.54, 1.807) is 12.1 Å². The molecule has 0 saturated heterocycles. The lowest BCUT2D eigenvalue weighted by atomic mass is 10.2. The van der Waals surface area contributed by atoms with Crippen LogP contribution < -0.4 is 9.47 Å². The normalized spacial score (nSPS) is 10.2.